The van der Waals surface area contributed by atoms with E-state index in [4.69, 9.17) is 18.9 Å². The Kier molecular flexibility index (Phi) is 6.27. The van der Waals surface area contributed by atoms with Crippen molar-refractivity contribution in [1.82, 2.24) is 10.3 Å². The Balaban J connectivity index is 1.40. The van der Waals surface area contributed by atoms with Gasteiger partial charge in [0.2, 0.25) is 5.91 Å². The first-order valence-corrected chi connectivity index (χ1v) is 10.8. The predicted molar refractivity (Wildman–Crippen MR) is 118 cm³/mol. The number of hydrogen-bond acceptors (Lipinski definition) is 7. The van der Waals surface area contributed by atoms with Crippen LogP contribution >= 0.6 is 11.3 Å². The third kappa shape index (κ3) is 4.74. The van der Waals surface area contributed by atoms with Crippen LogP contribution in [-0.4, -0.2) is 38.3 Å². The molecule has 0 aliphatic carbocycles. The van der Waals surface area contributed by atoms with Crippen LogP contribution in [0, 0.1) is 0 Å². The molecule has 0 spiro atoms. The standard InChI is InChI=1S/C23H24N2O5S/c1-14(15-4-7-19-21(10-15)30-9-8-29-19)24-22(26)12-17-13-31-23(25-17)16-5-6-18(27-2)20(11-16)28-3/h4-7,10-11,13-14H,8-9,12H2,1-3H3,(H,24,26). The van der Waals surface area contributed by atoms with Gasteiger partial charge in [-0.1, -0.05) is 6.07 Å². The number of ether oxygens (including phenoxy) is 4. The van der Waals surface area contributed by atoms with Gasteiger partial charge in [0.1, 0.15) is 18.2 Å². The van der Waals surface area contributed by atoms with Gasteiger partial charge in [-0.3, -0.25) is 4.79 Å². The van der Waals surface area contributed by atoms with Crippen LogP contribution in [0.5, 0.6) is 23.0 Å². The smallest absolute Gasteiger partial charge is 0.226 e. The molecule has 1 aromatic heterocycles. The topological polar surface area (TPSA) is 78.9 Å². The fourth-order valence-electron chi connectivity index (χ4n) is 3.36. The molecular formula is C23H24N2O5S. The van der Waals surface area contributed by atoms with Crippen LogP contribution < -0.4 is 24.3 Å². The summed E-state index contributed by atoms with van der Waals surface area (Å²) >= 11 is 1.49. The van der Waals surface area contributed by atoms with Crippen molar-refractivity contribution in [1.29, 1.82) is 0 Å². The number of nitrogens with zero attached hydrogens (tertiary/aromatic N) is 1. The number of hydrogen-bond donors (Lipinski definition) is 1. The van der Waals surface area contributed by atoms with E-state index in [1.165, 1.54) is 11.3 Å². The van der Waals surface area contributed by atoms with Crippen molar-refractivity contribution in [3.8, 4) is 33.6 Å². The third-order valence-electron chi connectivity index (χ3n) is 4.97. The molecule has 31 heavy (non-hydrogen) atoms. The summed E-state index contributed by atoms with van der Waals surface area (Å²) in [6.07, 6.45) is 0.207. The highest BCUT2D eigenvalue weighted by molar-refractivity contribution is 7.13. The van der Waals surface area contributed by atoms with E-state index in [0.717, 1.165) is 27.6 Å². The Morgan fingerprint density at radius 2 is 1.87 bits per heavy atom. The molecule has 2 heterocycles. The maximum absolute atomic E-state index is 12.6. The number of thiazole rings is 1. The van der Waals surface area contributed by atoms with E-state index in [-0.39, 0.29) is 18.4 Å². The Morgan fingerprint density at radius 1 is 1.10 bits per heavy atom. The molecule has 3 aromatic rings. The molecule has 8 heteroatoms. The quantitative estimate of drug-likeness (QED) is 0.598. The van der Waals surface area contributed by atoms with Gasteiger partial charge < -0.3 is 24.3 Å². The lowest BCUT2D eigenvalue weighted by molar-refractivity contribution is -0.121. The molecule has 0 bridgehead atoms. The summed E-state index contributed by atoms with van der Waals surface area (Å²) in [4.78, 5) is 17.2. The van der Waals surface area contributed by atoms with Gasteiger partial charge >= 0.3 is 0 Å². The third-order valence-corrected chi connectivity index (χ3v) is 5.91. The Labute approximate surface area is 184 Å². The average molecular weight is 441 g/mol. The molecule has 1 atom stereocenters. The summed E-state index contributed by atoms with van der Waals surface area (Å²) in [6.45, 7) is 3.03. The maximum atomic E-state index is 12.6. The highest BCUT2D eigenvalue weighted by Crippen LogP contribution is 2.34. The van der Waals surface area contributed by atoms with Crippen LogP contribution in [0.15, 0.2) is 41.8 Å². The molecule has 162 valence electrons. The van der Waals surface area contributed by atoms with Crippen molar-refractivity contribution in [2.75, 3.05) is 27.4 Å². The molecule has 0 radical (unpaired) electrons. The molecule has 7 nitrogen and oxygen atoms in total. The van der Waals surface area contributed by atoms with Crippen molar-refractivity contribution in [2.24, 2.45) is 0 Å². The number of benzene rings is 2. The van der Waals surface area contributed by atoms with E-state index in [1.54, 1.807) is 14.2 Å². The minimum absolute atomic E-state index is 0.0912. The molecule has 1 unspecified atom stereocenters. The normalized spacial score (nSPS) is 13.4. The number of fused-ring (bicyclic) bond motifs is 1. The summed E-state index contributed by atoms with van der Waals surface area (Å²) in [6, 6.07) is 11.2. The van der Waals surface area contributed by atoms with Crippen molar-refractivity contribution < 1.29 is 23.7 Å². The first-order valence-electron chi connectivity index (χ1n) is 9.93. The second-order valence-corrected chi connectivity index (χ2v) is 7.94. The van der Waals surface area contributed by atoms with Crippen LogP contribution in [-0.2, 0) is 11.2 Å². The summed E-state index contributed by atoms with van der Waals surface area (Å²) in [5.41, 5.74) is 2.60. The van der Waals surface area contributed by atoms with Gasteiger partial charge in [-0.15, -0.1) is 11.3 Å². The summed E-state index contributed by atoms with van der Waals surface area (Å²) < 4.78 is 21.8. The highest BCUT2D eigenvalue weighted by atomic mass is 32.1. The van der Waals surface area contributed by atoms with E-state index >= 15 is 0 Å². The summed E-state index contributed by atoms with van der Waals surface area (Å²) in [5.74, 6) is 2.66. The second-order valence-electron chi connectivity index (χ2n) is 7.08. The summed E-state index contributed by atoms with van der Waals surface area (Å²) in [5, 5.41) is 5.75. The number of methoxy groups -OCH3 is 2. The lowest BCUT2D eigenvalue weighted by Gasteiger charge is -2.21. The monoisotopic (exact) mass is 440 g/mol. The van der Waals surface area contributed by atoms with Crippen LogP contribution in [0.3, 0.4) is 0 Å². The average Bonchev–Trinajstić information content (AvgIpc) is 3.26. The molecule has 4 rings (SSSR count). The van der Waals surface area contributed by atoms with Crippen LogP contribution in [0.4, 0.5) is 0 Å². The number of carbonyl (C=O) groups excluding carboxylic acids is 1. The number of carbonyl (C=O) groups is 1. The van der Waals surface area contributed by atoms with Gasteiger partial charge in [0.25, 0.3) is 0 Å². The van der Waals surface area contributed by atoms with E-state index in [9.17, 15) is 4.79 Å². The zero-order valence-electron chi connectivity index (χ0n) is 17.6. The van der Waals surface area contributed by atoms with Gasteiger partial charge in [-0.25, -0.2) is 4.98 Å². The van der Waals surface area contributed by atoms with Crippen molar-refractivity contribution in [2.45, 2.75) is 19.4 Å². The Hall–Kier alpha value is -3.26. The minimum atomic E-state index is -0.160. The summed E-state index contributed by atoms with van der Waals surface area (Å²) in [7, 11) is 3.20. The highest BCUT2D eigenvalue weighted by Gasteiger charge is 2.17. The van der Waals surface area contributed by atoms with Crippen LogP contribution in [0.1, 0.15) is 24.2 Å². The fraction of sp³-hybridized carbons (Fsp3) is 0.304. The predicted octanol–water partition coefficient (Wildman–Crippen LogP) is 4.02. The molecular weight excluding hydrogens is 416 g/mol. The second kappa shape index (κ2) is 9.26. The number of amides is 1. The molecule has 0 fully saturated rings. The van der Waals surface area contributed by atoms with E-state index in [0.29, 0.717) is 30.5 Å². The molecule has 1 aliphatic heterocycles. The zero-order chi connectivity index (χ0) is 21.8. The number of nitrogens with one attached hydrogen (secondary N) is 1. The van der Waals surface area contributed by atoms with Gasteiger partial charge in [-0.05, 0) is 42.8 Å². The van der Waals surface area contributed by atoms with E-state index in [1.807, 2.05) is 48.7 Å². The fourth-order valence-corrected chi connectivity index (χ4v) is 4.18. The Morgan fingerprint density at radius 3 is 2.65 bits per heavy atom. The molecule has 2 aromatic carbocycles. The van der Waals surface area contributed by atoms with Gasteiger partial charge in [0, 0.05) is 10.9 Å². The molecule has 0 saturated heterocycles. The van der Waals surface area contributed by atoms with Crippen molar-refractivity contribution in [3.63, 3.8) is 0 Å². The van der Waals surface area contributed by atoms with Gasteiger partial charge in [0.15, 0.2) is 23.0 Å². The first-order chi connectivity index (χ1) is 15.1. The molecule has 1 N–H and O–H groups in total. The minimum Gasteiger partial charge on any atom is -0.493 e. The van der Waals surface area contributed by atoms with Crippen molar-refractivity contribution >= 4 is 17.2 Å². The first kappa shape index (κ1) is 21.0. The SMILES string of the molecule is COc1ccc(-c2nc(CC(=O)NC(C)c3ccc4c(c3)OCCO4)cs2)cc1OC. The zero-order valence-corrected chi connectivity index (χ0v) is 18.5. The number of aromatic nitrogens is 1. The largest absolute Gasteiger partial charge is 0.493 e. The maximum Gasteiger partial charge on any atom is 0.226 e. The van der Waals surface area contributed by atoms with Crippen LogP contribution in [0.25, 0.3) is 10.6 Å². The van der Waals surface area contributed by atoms with Gasteiger partial charge in [0.05, 0.1) is 32.4 Å². The van der Waals surface area contributed by atoms with E-state index < -0.39 is 0 Å². The van der Waals surface area contributed by atoms with Crippen molar-refractivity contribution in [3.05, 3.63) is 53.0 Å². The lowest BCUT2D eigenvalue weighted by atomic mass is 10.1. The van der Waals surface area contributed by atoms with Gasteiger partial charge in [-0.2, -0.15) is 0 Å². The lowest BCUT2D eigenvalue weighted by Crippen LogP contribution is -2.28. The van der Waals surface area contributed by atoms with E-state index in [2.05, 4.69) is 10.3 Å². The Bertz CT molecular complexity index is 1080. The molecule has 1 aliphatic rings. The number of rotatable bonds is 7. The van der Waals surface area contributed by atoms with Crippen LogP contribution in [0.2, 0.25) is 0 Å². The molecule has 0 saturated carbocycles. The molecule has 1 amide bonds.